The number of rotatable bonds is 3. The summed E-state index contributed by atoms with van der Waals surface area (Å²) in [5, 5.41) is 2.40. The van der Waals surface area contributed by atoms with Crippen LogP contribution >= 0.6 is 27.5 Å². The lowest BCUT2D eigenvalue weighted by Crippen LogP contribution is -1.89. The van der Waals surface area contributed by atoms with E-state index in [9.17, 15) is 0 Å². The van der Waals surface area contributed by atoms with Crippen molar-refractivity contribution < 1.29 is 4.74 Å². The van der Waals surface area contributed by atoms with Gasteiger partial charge in [0.15, 0.2) is 5.75 Å². The van der Waals surface area contributed by atoms with Crippen LogP contribution in [0.4, 0.5) is 0 Å². The second-order valence-corrected chi connectivity index (χ2v) is 5.30. The van der Waals surface area contributed by atoms with E-state index in [0.717, 1.165) is 21.8 Å². The van der Waals surface area contributed by atoms with E-state index in [1.165, 1.54) is 0 Å². The van der Waals surface area contributed by atoms with E-state index in [1.807, 2.05) is 48.5 Å². The SMILES string of the molecule is Clc1cc(CBr)ccc1Oc1cccc2cccnc12. The van der Waals surface area contributed by atoms with Crippen molar-refractivity contribution in [3.05, 3.63) is 65.3 Å². The highest BCUT2D eigenvalue weighted by molar-refractivity contribution is 9.08. The standard InChI is InChI=1S/C16H11BrClNO/c17-10-11-6-7-14(13(18)9-11)20-15-5-1-3-12-4-2-8-19-16(12)15/h1-9H,10H2. The average Bonchev–Trinajstić information content (AvgIpc) is 2.49. The topological polar surface area (TPSA) is 22.1 Å². The maximum absolute atomic E-state index is 6.24. The molecule has 0 aliphatic carbocycles. The Morgan fingerprint density at radius 3 is 2.70 bits per heavy atom. The molecule has 0 spiro atoms. The Kier molecular flexibility index (Phi) is 3.90. The average molecular weight is 349 g/mol. The van der Waals surface area contributed by atoms with Gasteiger partial charge in [-0.15, -0.1) is 0 Å². The summed E-state index contributed by atoms with van der Waals surface area (Å²) in [7, 11) is 0. The second kappa shape index (κ2) is 5.81. The predicted octanol–water partition coefficient (Wildman–Crippen LogP) is 5.58. The van der Waals surface area contributed by atoms with Gasteiger partial charge in [-0.3, -0.25) is 4.98 Å². The lowest BCUT2D eigenvalue weighted by atomic mass is 10.2. The van der Waals surface area contributed by atoms with Gasteiger partial charge < -0.3 is 4.74 Å². The summed E-state index contributed by atoms with van der Waals surface area (Å²) < 4.78 is 5.91. The van der Waals surface area contributed by atoms with Crippen LogP contribution in [0.5, 0.6) is 11.5 Å². The number of nitrogens with zero attached hydrogens (tertiary/aromatic N) is 1. The Labute approximate surface area is 130 Å². The van der Waals surface area contributed by atoms with E-state index >= 15 is 0 Å². The molecule has 1 aromatic heterocycles. The largest absolute Gasteiger partial charge is 0.454 e. The lowest BCUT2D eigenvalue weighted by molar-refractivity contribution is 0.487. The van der Waals surface area contributed by atoms with Crippen LogP contribution in [0.15, 0.2) is 54.7 Å². The molecule has 0 saturated carbocycles. The second-order valence-electron chi connectivity index (χ2n) is 4.33. The summed E-state index contributed by atoms with van der Waals surface area (Å²) in [5.41, 5.74) is 1.94. The molecule has 0 aliphatic rings. The van der Waals surface area contributed by atoms with Crippen LogP contribution < -0.4 is 4.74 Å². The molecule has 0 radical (unpaired) electrons. The van der Waals surface area contributed by atoms with E-state index < -0.39 is 0 Å². The minimum atomic E-state index is 0.592. The van der Waals surface area contributed by atoms with Gasteiger partial charge in [-0.1, -0.05) is 51.8 Å². The van der Waals surface area contributed by atoms with Gasteiger partial charge in [0.1, 0.15) is 11.3 Å². The maximum atomic E-state index is 6.24. The van der Waals surface area contributed by atoms with Crippen molar-refractivity contribution in [3.8, 4) is 11.5 Å². The van der Waals surface area contributed by atoms with Crippen LogP contribution in [0, 0.1) is 0 Å². The van der Waals surface area contributed by atoms with Crippen molar-refractivity contribution in [1.82, 2.24) is 4.98 Å². The van der Waals surface area contributed by atoms with E-state index in [0.29, 0.717) is 16.5 Å². The number of aromatic nitrogens is 1. The van der Waals surface area contributed by atoms with Crippen LogP contribution in [-0.4, -0.2) is 4.98 Å². The lowest BCUT2D eigenvalue weighted by Gasteiger charge is -2.10. The normalized spacial score (nSPS) is 10.7. The first-order valence-electron chi connectivity index (χ1n) is 6.14. The van der Waals surface area contributed by atoms with Gasteiger partial charge in [-0.25, -0.2) is 0 Å². The van der Waals surface area contributed by atoms with Gasteiger partial charge in [0.25, 0.3) is 0 Å². The van der Waals surface area contributed by atoms with Crippen molar-refractivity contribution in [2.24, 2.45) is 0 Å². The molecule has 0 N–H and O–H groups in total. The molecule has 0 fully saturated rings. The summed E-state index contributed by atoms with van der Waals surface area (Å²) >= 11 is 9.65. The summed E-state index contributed by atoms with van der Waals surface area (Å²) in [5.74, 6) is 1.34. The maximum Gasteiger partial charge on any atom is 0.153 e. The van der Waals surface area contributed by atoms with Crippen LogP contribution in [0.25, 0.3) is 10.9 Å². The molecule has 0 unspecified atom stereocenters. The zero-order valence-corrected chi connectivity index (χ0v) is 12.9. The van der Waals surface area contributed by atoms with Gasteiger partial charge in [0.05, 0.1) is 5.02 Å². The van der Waals surface area contributed by atoms with E-state index in [-0.39, 0.29) is 0 Å². The zero-order valence-electron chi connectivity index (χ0n) is 10.5. The fraction of sp³-hybridized carbons (Fsp3) is 0.0625. The van der Waals surface area contributed by atoms with Crippen molar-refractivity contribution in [1.29, 1.82) is 0 Å². The van der Waals surface area contributed by atoms with Gasteiger partial charge in [0.2, 0.25) is 0 Å². The Bertz CT molecular complexity index is 755. The molecule has 3 rings (SSSR count). The van der Waals surface area contributed by atoms with E-state index in [1.54, 1.807) is 6.20 Å². The Morgan fingerprint density at radius 2 is 1.90 bits per heavy atom. The summed E-state index contributed by atoms with van der Waals surface area (Å²) in [6.07, 6.45) is 1.75. The molecule has 100 valence electrons. The third-order valence-electron chi connectivity index (χ3n) is 2.97. The third-order valence-corrected chi connectivity index (χ3v) is 3.91. The first-order valence-corrected chi connectivity index (χ1v) is 7.64. The van der Waals surface area contributed by atoms with E-state index in [2.05, 4.69) is 20.9 Å². The highest BCUT2D eigenvalue weighted by Crippen LogP contribution is 2.33. The summed E-state index contributed by atoms with van der Waals surface area (Å²) in [4.78, 5) is 4.37. The van der Waals surface area contributed by atoms with Gasteiger partial charge >= 0.3 is 0 Å². The number of alkyl halides is 1. The molecule has 3 aromatic rings. The number of hydrogen-bond acceptors (Lipinski definition) is 2. The molecule has 0 amide bonds. The fourth-order valence-corrected chi connectivity index (χ4v) is 2.58. The van der Waals surface area contributed by atoms with Crippen LogP contribution in [-0.2, 0) is 5.33 Å². The molecule has 0 bridgehead atoms. The number of halogens is 2. The highest BCUT2D eigenvalue weighted by atomic mass is 79.9. The van der Waals surface area contributed by atoms with Gasteiger partial charge in [-0.05, 0) is 29.8 Å². The number of para-hydroxylation sites is 1. The van der Waals surface area contributed by atoms with Gasteiger partial charge in [0, 0.05) is 16.9 Å². The molecule has 4 heteroatoms. The third kappa shape index (κ3) is 2.65. The number of ether oxygens (including phenoxy) is 1. The molecular formula is C16H11BrClNO. The van der Waals surface area contributed by atoms with Crippen LogP contribution in [0.1, 0.15) is 5.56 Å². The molecule has 0 aliphatic heterocycles. The Balaban J connectivity index is 2.01. The predicted molar refractivity (Wildman–Crippen MR) is 85.9 cm³/mol. The summed E-state index contributed by atoms with van der Waals surface area (Å²) in [6.45, 7) is 0. The number of pyridine rings is 1. The zero-order chi connectivity index (χ0) is 13.9. The number of fused-ring (bicyclic) bond motifs is 1. The molecular weight excluding hydrogens is 338 g/mol. The highest BCUT2D eigenvalue weighted by Gasteiger charge is 2.07. The minimum Gasteiger partial charge on any atom is -0.454 e. The molecule has 0 saturated heterocycles. The molecule has 2 nitrogen and oxygen atoms in total. The molecule has 20 heavy (non-hydrogen) atoms. The van der Waals surface area contributed by atoms with Crippen molar-refractivity contribution >= 4 is 38.4 Å². The molecule has 2 aromatic carbocycles. The first-order chi connectivity index (χ1) is 9.78. The summed E-state index contributed by atoms with van der Waals surface area (Å²) in [6, 6.07) is 15.5. The number of hydrogen-bond donors (Lipinski definition) is 0. The quantitative estimate of drug-likeness (QED) is 0.577. The van der Waals surface area contributed by atoms with Crippen molar-refractivity contribution in [3.63, 3.8) is 0 Å². The fourth-order valence-electron chi connectivity index (χ4n) is 1.99. The molecule has 0 atom stereocenters. The monoisotopic (exact) mass is 347 g/mol. The van der Waals surface area contributed by atoms with Crippen LogP contribution in [0.2, 0.25) is 5.02 Å². The van der Waals surface area contributed by atoms with Crippen molar-refractivity contribution in [2.45, 2.75) is 5.33 Å². The van der Waals surface area contributed by atoms with Crippen molar-refractivity contribution in [2.75, 3.05) is 0 Å². The van der Waals surface area contributed by atoms with Gasteiger partial charge in [-0.2, -0.15) is 0 Å². The number of benzene rings is 2. The Morgan fingerprint density at radius 1 is 1.05 bits per heavy atom. The molecule has 1 heterocycles. The Hall–Kier alpha value is -1.58. The minimum absolute atomic E-state index is 0.592. The van der Waals surface area contributed by atoms with Crippen LogP contribution in [0.3, 0.4) is 0 Å². The smallest absolute Gasteiger partial charge is 0.153 e. The van der Waals surface area contributed by atoms with E-state index in [4.69, 9.17) is 16.3 Å². The first kappa shape index (κ1) is 13.4.